The molecule has 0 amide bonds. The average Bonchev–Trinajstić information content (AvgIpc) is 3.44. The Kier molecular flexibility index (Phi) is 5.53. The largest absolute Gasteiger partial charge is 0.463 e. The van der Waals surface area contributed by atoms with Crippen LogP contribution in [0.3, 0.4) is 0 Å². The number of furan rings is 1. The molecule has 1 aromatic rings. The molecule has 5 rings (SSSR count). The minimum atomic E-state index is -0.0625. The van der Waals surface area contributed by atoms with E-state index in [9.17, 15) is 4.79 Å². The second kappa shape index (κ2) is 8.16. The van der Waals surface area contributed by atoms with Crippen LogP contribution in [0.2, 0.25) is 0 Å². The lowest BCUT2D eigenvalue weighted by atomic mass is 9.59. The Hall–Kier alpha value is -1.59. The molecule has 4 aliphatic rings. The quantitative estimate of drug-likeness (QED) is 0.574. The van der Waals surface area contributed by atoms with Gasteiger partial charge in [-0.25, -0.2) is 0 Å². The molecule has 30 heavy (non-hydrogen) atoms. The van der Waals surface area contributed by atoms with E-state index in [-0.39, 0.29) is 35.4 Å². The van der Waals surface area contributed by atoms with Gasteiger partial charge in [0.2, 0.25) is 0 Å². The predicted octanol–water partition coefficient (Wildman–Crippen LogP) is 3.16. The van der Waals surface area contributed by atoms with Crippen LogP contribution in [0.25, 0.3) is 0 Å². The van der Waals surface area contributed by atoms with E-state index in [0.717, 1.165) is 51.3 Å². The summed E-state index contributed by atoms with van der Waals surface area (Å²) in [7, 11) is 0. The molecule has 0 spiro atoms. The maximum Gasteiger partial charge on any atom is 0.315 e. The molecule has 3 fully saturated rings. The Morgan fingerprint density at radius 2 is 2.13 bits per heavy atom. The molecular weight excluding hydrogens is 378 g/mol. The van der Waals surface area contributed by atoms with Crippen molar-refractivity contribution in [3.05, 3.63) is 35.8 Å². The maximum atomic E-state index is 13.0. The normalized spacial score (nSPS) is 39.2. The fraction of sp³-hybridized carbons (Fsp3) is 0.720. The van der Waals surface area contributed by atoms with Crippen LogP contribution in [0.15, 0.2) is 34.5 Å². The first-order valence-corrected chi connectivity index (χ1v) is 11.9. The van der Waals surface area contributed by atoms with Crippen molar-refractivity contribution >= 4 is 5.97 Å². The van der Waals surface area contributed by atoms with Crippen LogP contribution >= 0.6 is 0 Å². The molecule has 3 heterocycles. The van der Waals surface area contributed by atoms with E-state index in [0.29, 0.717) is 5.92 Å². The zero-order chi connectivity index (χ0) is 20.7. The van der Waals surface area contributed by atoms with E-state index in [1.807, 2.05) is 12.1 Å². The summed E-state index contributed by atoms with van der Waals surface area (Å²) >= 11 is 0. The SMILES string of the molecule is C[C@H]1CCC[C@]2(C)C[C@H]3OC(=O)[C@H](C[NH+](Cc4ccco4)C[C@@H]4CCCO4)[C@H]3C=C12. The molecule has 2 saturated heterocycles. The topological polar surface area (TPSA) is 53.1 Å². The highest BCUT2D eigenvalue weighted by Gasteiger charge is 2.52. The third kappa shape index (κ3) is 3.87. The molecule has 1 aromatic heterocycles. The smallest absolute Gasteiger partial charge is 0.315 e. The van der Waals surface area contributed by atoms with Crippen LogP contribution < -0.4 is 4.90 Å². The third-order valence-electron chi connectivity index (χ3n) is 8.13. The van der Waals surface area contributed by atoms with Gasteiger partial charge in [0, 0.05) is 12.5 Å². The second-order valence-electron chi connectivity index (χ2n) is 10.4. The van der Waals surface area contributed by atoms with Crippen molar-refractivity contribution < 1.29 is 23.6 Å². The van der Waals surface area contributed by atoms with Crippen LogP contribution in [0.5, 0.6) is 0 Å². The summed E-state index contributed by atoms with van der Waals surface area (Å²) in [6, 6.07) is 3.97. The summed E-state index contributed by atoms with van der Waals surface area (Å²) in [6.07, 6.45) is 11.6. The Labute approximate surface area is 179 Å². The van der Waals surface area contributed by atoms with Crippen LogP contribution in [0.1, 0.15) is 58.1 Å². The van der Waals surface area contributed by atoms with Gasteiger partial charge in [-0.15, -0.1) is 0 Å². The number of fused-ring (bicyclic) bond motifs is 2. The van der Waals surface area contributed by atoms with E-state index in [2.05, 4.69) is 19.9 Å². The monoisotopic (exact) mass is 414 g/mol. The van der Waals surface area contributed by atoms with Gasteiger partial charge in [0.05, 0.1) is 12.8 Å². The highest BCUT2D eigenvalue weighted by Crippen LogP contribution is 2.53. The molecule has 0 bridgehead atoms. The first-order chi connectivity index (χ1) is 14.5. The number of ether oxygens (including phenoxy) is 2. The number of nitrogens with one attached hydrogen (secondary N) is 1. The van der Waals surface area contributed by atoms with E-state index in [1.165, 1.54) is 24.2 Å². The summed E-state index contributed by atoms with van der Waals surface area (Å²) in [6.45, 7) is 8.11. The molecule has 1 N–H and O–H groups in total. The van der Waals surface area contributed by atoms with E-state index >= 15 is 0 Å². The number of hydrogen-bond acceptors (Lipinski definition) is 4. The third-order valence-corrected chi connectivity index (χ3v) is 8.13. The lowest BCUT2D eigenvalue weighted by Gasteiger charge is -2.46. The van der Waals surface area contributed by atoms with Crippen molar-refractivity contribution in [3.63, 3.8) is 0 Å². The number of allylic oxidation sites excluding steroid dienone is 1. The van der Waals surface area contributed by atoms with Gasteiger partial charge < -0.3 is 18.8 Å². The first kappa shape index (κ1) is 20.3. The maximum absolute atomic E-state index is 13.0. The van der Waals surface area contributed by atoms with Crippen molar-refractivity contribution in [2.45, 2.75) is 71.1 Å². The van der Waals surface area contributed by atoms with Gasteiger partial charge in [-0.3, -0.25) is 4.79 Å². The number of esters is 1. The van der Waals surface area contributed by atoms with Crippen molar-refractivity contribution in [2.24, 2.45) is 23.2 Å². The van der Waals surface area contributed by atoms with Crippen LogP contribution in [-0.4, -0.2) is 37.9 Å². The molecule has 1 saturated carbocycles. The van der Waals surface area contributed by atoms with Crippen molar-refractivity contribution in [1.82, 2.24) is 0 Å². The van der Waals surface area contributed by atoms with Crippen LogP contribution in [0.4, 0.5) is 0 Å². The Balaban J connectivity index is 1.36. The summed E-state index contributed by atoms with van der Waals surface area (Å²) in [5, 5.41) is 0. The number of hydrogen-bond donors (Lipinski definition) is 1. The Morgan fingerprint density at radius 1 is 1.23 bits per heavy atom. The van der Waals surface area contributed by atoms with E-state index in [1.54, 1.807) is 11.8 Å². The van der Waals surface area contributed by atoms with Crippen LogP contribution in [0, 0.1) is 23.2 Å². The summed E-state index contributed by atoms with van der Waals surface area (Å²) in [5.74, 6) is 1.76. The fourth-order valence-corrected chi connectivity index (χ4v) is 6.61. The summed E-state index contributed by atoms with van der Waals surface area (Å²) in [5.41, 5.74) is 1.80. The highest BCUT2D eigenvalue weighted by atomic mass is 16.6. The van der Waals surface area contributed by atoms with Gasteiger partial charge in [0.15, 0.2) is 5.76 Å². The molecule has 7 atom stereocenters. The predicted molar refractivity (Wildman–Crippen MR) is 113 cm³/mol. The van der Waals surface area contributed by atoms with Gasteiger partial charge >= 0.3 is 5.97 Å². The van der Waals surface area contributed by atoms with E-state index < -0.39 is 0 Å². The van der Waals surface area contributed by atoms with Crippen molar-refractivity contribution in [3.8, 4) is 0 Å². The van der Waals surface area contributed by atoms with Crippen LogP contribution in [-0.2, 0) is 20.8 Å². The highest BCUT2D eigenvalue weighted by molar-refractivity contribution is 5.76. The molecule has 164 valence electrons. The number of quaternary nitrogens is 1. The molecule has 5 heteroatoms. The standard InChI is InChI=1S/C25H35NO4/c1-17-6-3-9-25(2)13-23-20(12-22(17)25)21(24(27)30-23)16-26(14-18-7-4-10-28-18)15-19-8-5-11-29-19/h4,7,10,12,17,19-21,23H,3,5-6,8-9,11,13-16H2,1-2H3/p+1/t17-,19-,20+,21+,23+,25+/m0/s1. The average molecular weight is 415 g/mol. The lowest BCUT2D eigenvalue weighted by Crippen LogP contribution is -3.12. The lowest BCUT2D eigenvalue weighted by molar-refractivity contribution is -0.920. The van der Waals surface area contributed by atoms with Gasteiger partial charge in [0.25, 0.3) is 0 Å². The zero-order valence-electron chi connectivity index (χ0n) is 18.4. The minimum Gasteiger partial charge on any atom is -0.463 e. The second-order valence-corrected chi connectivity index (χ2v) is 10.4. The molecule has 0 radical (unpaired) electrons. The Bertz CT molecular complexity index is 781. The fourth-order valence-electron chi connectivity index (χ4n) is 6.61. The minimum absolute atomic E-state index is 0.000959. The summed E-state index contributed by atoms with van der Waals surface area (Å²) < 4.78 is 17.5. The van der Waals surface area contributed by atoms with Crippen molar-refractivity contribution in [1.29, 1.82) is 0 Å². The van der Waals surface area contributed by atoms with Gasteiger partial charge in [-0.1, -0.05) is 31.9 Å². The molecule has 2 aliphatic heterocycles. The zero-order valence-corrected chi connectivity index (χ0v) is 18.4. The number of carbonyl (C=O) groups is 1. The molecule has 1 unspecified atom stereocenters. The first-order valence-electron chi connectivity index (χ1n) is 11.9. The van der Waals surface area contributed by atoms with Gasteiger partial charge in [-0.2, -0.15) is 0 Å². The van der Waals surface area contributed by atoms with E-state index in [4.69, 9.17) is 13.9 Å². The van der Waals surface area contributed by atoms with Gasteiger partial charge in [-0.05, 0) is 55.6 Å². The van der Waals surface area contributed by atoms with Gasteiger partial charge in [0.1, 0.15) is 31.2 Å². The van der Waals surface area contributed by atoms with Crippen molar-refractivity contribution in [2.75, 3.05) is 19.7 Å². The number of carbonyl (C=O) groups excluding carboxylic acids is 1. The molecule has 2 aliphatic carbocycles. The molecule has 5 nitrogen and oxygen atoms in total. The molecular formula is C25H36NO4+. The molecule has 0 aromatic carbocycles. The number of rotatable bonds is 6. The summed E-state index contributed by atoms with van der Waals surface area (Å²) in [4.78, 5) is 14.4. The Morgan fingerprint density at radius 3 is 2.90 bits per heavy atom.